The summed E-state index contributed by atoms with van der Waals surface area (Å²) in [6, 6.07) is 12.4. The van der Waals surface area contributed by atoms with Gasteiger partial charge in [-0.05, 0) is 43.4 Å². The van der Waals surface area contributed by atoms with E-state index in [0.29, 0.717) is 21.9 Å². The molecule has 0 bridgehead atoms. The topological polar surface area (TPSA) is 102 Å². The minimum absolute atomic E-state index is 0.152. The van der Waals surface area contributed by atoms with Crippen molar-refractivity contribution >= 4 is 40.7 Å². The summed E-state index contributed by atoms with van der Waals surface area (Å²) >= 11 is 1.41. The van der Waals surface area contributed by atoms with Crippen LogP contribution in [0.2, 0.25) is 0 Å². The van der Waals surface area contributed by atoms with E-state index in [1.165, 1.54) is 11.8 Å². The number of imidazole rings is 1. The highest BCUT2D eigenvalue weighted by Crippen LogP contribution is 2.22. The molecular weight excluding hydrogens is 428 g/mol. The number of esters is 1. The van der Waals surface area contributed by atoms with E-state index >= 15 is 0 Å². The van der Waals surface area contributed by atoms with Gasteiger partial charge in [0.1, 0.15) is 0 Å². The lowest BCUT2D eigenvalue weighted by atomic mass is 10.1. The maximum absolute atomic E-state index is 12.6. The summed E-state index contributed by atoms with van der Waals surface area (Å²) in [7, 11) is 0. The number of benzene rings is 1. The number of para-hydroxylation sites is 1. The molecule has 32 heavy (non-hydrogen) atoms. The average Bonchev–Trinajstić information content (AvgIpc) is 3.45. The normalized spacial score (nSPS) is 13.8. The van der Waals surface area contributed by atoms with Gasteiger partial charge >= 0.3 is 5.97 Å². The van der Waals surface area contributed by atoms with E-state index < -0.39 is 18.5 Å². The molecule has 4 rings (SSSR count). The van der Waals surface area contributed by atoms with Crippen LogP contribution in [0.1, 0.15) is 46.5 Å². The first kappa shape index (κ1) is 21.9. The fraction of sp³-hybridized carbons (Fsp3) is 0.304. The highest BCUT2D eigenvalue weighted by Gasteiger charge is 2.22. The van der Waals surface area contributed by atoms with Gasteiger partial charge in [-0.1, -0.05) is 42.8 Å². The zero-order valence-corrected chi connectivity index (χ0v) is 18.5. The number of thioether (sulfide) groups is 1. The third-order valence-electron chi connectivity index (χ3n) is 5.36. The number of carbonyl (C=O) groups excluding carboxylic acids is 3. The van der Waals surface area contributed by atoms with Gasteiger partial charge < -0.3 is 15.4 Å². The molecule has 166 valence electrons. The second-order valence-electron chi connectivity index (χ2n) is 7.53. The van der Waals surface area contributed by atoms with E-state index in [2.05, 4.69) is 15.6 Å². The summed E-state index contributed by atoms with van der Waals surface area (Å²) in [5.41, 5.74) is 1.51. The van der Waals surface area contributed by atoms with E-state index in [9.17, 15) is 14.4 Å². The van der Waals surface area contributed by atoms with Crippen LogP contribution in [0.15, 0.2) is 53.8 Å². The molecule has 0 aliphatic heterocycles. The van der Waals surface area contributed by atoms with Crippen LogP contribution in [0.3, 0.4) is 0 Å². The zero-order chi connectivity index (χ0) is 22.5. The number of rotatable bonds is 7. The number of anilines is 1. The van der Waals surface area contributed by atoms with Crippen molar-refractivity contribution in [2.45, 2.75) is 36.9 Å². The minimum Gasteiger partial charge on any atom is -0.451 e. The lowest BCUT2D eigenvalue weighted by molar-refractivity contribution is -0.119. The van der Waals surface area contributed by atoms with Crippen molar-refractivity contribution in [1.82, 2.24) is 14.7 Å². The molecule has 1 saturated carbocycles. The molecular formula is C23H24N4O4S. The second kappa shape index (κ2) is 9.86. The van der Waals surface area contributed by atoms with Gasteiger partial charge in [-0.2, -0.15) is 0 Å². The summed E-state index contributed by atoms with van der Waals surface area (Å²) < 4.78 is 6.99. The van der Waals surface area contributed by atoms with Crippen LogP contribution in [0.5, 0.6) is 0 Å². The fourth-order valence-corrected chi connectivity index (χ4v) is 4.35. The first-order chi connectivity index (χ1) is 15.6. The molecule has 8 nitrogen and oxygen atoms in total. The van der Waals surface area contributed by atoms with Crippen LogP contribution in [0.25, 0.3) is 5.52 Å². The molecule has 3 aromatic rings. The van der Waals surface area contributed by atoms with Gasteiger partial charge in [0.05, 0.1) is 16.8 Å². The Bertz CT molecular complexity index is 1150. The number of carbonyl (C=O) groups is 3. The number of amides is 2. The fourth-order valence-electron chi connectivity index (χ4n) is 3.81. The van der Waals surface area contributed by atoms with E-state index in [4.69, 9.17) is 4.74 Å². The Morgan fingerprint density at radius 1 is 1.12 bits per heavy atom. The lowest BCUT2D eigenvalue weighted by Crippen LogP contribution is -2.33. The second-order valence-corrected chi connectivity index (χ2v) is 8.30. The highest BCUT2D eigenvalue weighted by molar-refractivity contribution is 7.98. The number of hydrogen-bond acceptors (Lipinski definition) is 6. The Labute approximate surface area is 189 Å². The molecule has 0 saturated heterocycles. The van der Waals surface area contributed by atoms with E-state index in [0.717, 1.165) is 25.7 Å². The summed E-state index contributed by atoms with van der Waals surface area (Å²) in [6.45, 7) is -0.488. The molecule has 2 amide bonds. The Balaban J connectivity index is 1.39. The number of nitrogens with zero attached hydrogens (tertiary/aromatic N) is 2. The smallest absolute Gasteiger partial charge is 0.359 e. The largest absolute Gasteiger partial charge is 0.451 e. The molecule has 0 spiro atoms. The van der Waals surface area contributed by atoms with Crippen LogP contribution in [0, 0.1) is 0 Å². The maximum atomic E-state index is 12.6. The maximum Gasteiger partial charge on any atom is 0.359 e. The monoisotopic (exact) mass is 452 g/mol. The molecule has 1 aliphatic carbocycles. The van der Waals surface area contributed by atoms with Crippen molar-refractivity contribution in [3.63, 3.8) is 0 Å². The molecule has 0 unspecified atom stereocenters. The van der Waals surface area contributed by atoms with Gasteiger partial charge in [-0.25, -0.2) is 9.78 Å². The van der Waals surface area contributed by atoms with E-state index in [1.54, 1.807) is 40.8 Å². The predicted molar refractivity (Wildman–Crippen MR) is 122 cm³/mol. The number of nitrogens with one attached hydrogen (secondary N) is 2. The van der Waals surface area contributed by atoms with E-state index in [1.807, 2.05) is 18.5 Å². The van der Waals surface area contributed by atoms with Crippen molar-refractivity contribution in [3.05, 3.63) is 59.9 Å². The average molecular weight is 453 g/mol. The minimum atomic E-state index is -0.684. The van der Waals surface area contributed by atoms with Gasteiger partial charge in [-0.15, -0.1) is 0 Å². The molecule has 2 aromatic heterocycles. The van der Waals surface area contributed by atoms with Crippen molar-refractivity contribution in [3.8, 4) is 0 Å². The molecule has 2 N–H and O–H groups in total. The molecule has 2 heterocycles. The Kier molecular flexibility index (Phi) is 6.75. The van der Waals surface area contributed by atoms with Gasteiger partial charge in [0.15, 0.2) is 17.5 Å². The highest BCUT2D eigenvalue weighted by atomic mass is 32.2. The lowest BCUT2D eigenvalue weighted by Gasteiger charge is -2.15. The zero-order valence-electron chi connectivity index (χ0n) is 17.7. The number of ether oxygens (including phenoxy) is 1. The van der Waals surface area contributed by atoms with Crippen LogP contribution in [0.4, 0.5) is 5.69 Å². The third kappa shape index (κ3) is 4.77. The molecule has 9 heteroatoms. The molecule has 0 atom stereocenters. The van der Waals surface area contributed by atoms with Crippen molar-refractivity contribution < 1.29 is 19.1 Å². The van der Waals surface area contributed by atoms with Crippen LogP contribution in [-0.2, 0) is 9.53 Å². The standard InChI is InChI=1S/C23H24N4O4S/c1-32-23-26-20(18-12-6-7-13-27(18)23)22(30)31-14-19(28)25-17-11-5-4-10-16(17)21(29)24-15-8-2-3-9-15/h4-7,10-13,15H,2-3,8-9,14H2,1H3,(H,24,29)(H,25,28). The third-order valence-corrected chi connectivity index (χ3v) is 6.02. The summed E-state index contributed by atoms with van der Waals surface area (Å²) in [6.07, 6.45) is 7.84. The van der Waals surface area contributed by atoms with Gasteiger partial charge in [0.2, 0.25) is 0 Å². The van der Waals surface area contributed by atoms with Gasteiger partial charge in [0, 0.05) is 12.2 Å². The first-order valence-electron chi connectivity index (χ1n) is 10.4. The van der Waals surface area contributed by atoms with Crippen molar-refractivity contribution in [2.24, 2.45) is 0 Å². The molecule has 1 fully saturated rings. The van der Waals surface area contributed by atoms with Gasteiger partial charge in [0.25, 0.3) is 11.8 Å². The van der Waals surface area contributed by atoms with Crippen molar-refractivity contribution in [2.75, 3.05) is 18.2 Å². The Hall–Kier alpha value is -3.33. The summed E-state index contributed by atoms with van der Waals surface area (Å²) in [5, 5.41) is 6.34. The predicted octanol–water partition coefficient (Wildman–Crippen LogP) is 3.52. The number of hydrogen-bond donors (Lipinski definition) is 2. The van der Waals surface area contributed by atoms with Crippen LogP contribution >= 0.6 is 11.8 Å². The SMILES string of the molecule is CSc1nc(C(=O)OCC(=O)Nc2ccccc2C(=O)NC2CCCC2)c2ccccn12. The quantitative estimate of drug-likeness (QED) is 0.420. The van der Waals surface area contributed by atoms with Gasteiger partial charge in [-0.3, -0.25) is 14.0 Å². The Morgan fingerprint density at radius 2 is 1.88 bits per heavy atom. The summed E-state index contributed by atoms with van der Waals surface area (Å²) in [5.74, 6) is -1.44. The Morgan fingerprint density at radius 3 is 2.66 bits per heavy atom. The van der Waals surface area contributed by atoms with Crippen LogP contribution < -0.4 is 10.6 Å². The molecule has 1 aromatic carbocycles. The van der Waals surface area contributed by atoms with Crippen molar-refractivity contribution in [1.29, 1.82) is 0 Å². The number of pyridine rings is 1. The van der Waals surface area contributed by atoms with E-state index in [-0.39, 0.29) is 17.6 Å². The summed E-state index contributed by atoms with van der Waals surface area (Å²) in [4.78, 5) is 42.0. The first-order valence-corrected chi connectivity index (χ1v) is 11.7. The molecule has 1 aliphatic rings. The molecule has 0 radical (unpaired) electrons. The van der Waals surface area contributed by atoms with Crippen LogP contribution in [-0.4, -0.2) is 46.1 Å². The number of fused-ring (bicyclic) bond motifs is 1. The number of aromatic nitrogens is 2.